The van der Waals surface area contributed by atoms with E-state index in [1.54, 1.807) is 37.3 Å². The number of ether oxygens (including phenoxy) is 3. The zero-order valence-corrected chi connectivity index (χ0v) is 22.9. The van der Waals surface area contributed by atoms with E-state index in [0.29, 0.717) is 5.56 Å². The van der Waals surface area contributed by atoms with Gasteiger partial charge in [0.1, 0.15) is 11.9 Å². The molecular weight excluding hydrogens is 561 g/mol. The molecule has 1 aliphatic heterocycles. The van der Waals surface area contributed by atoms with Crippen LogP contribution in [0.1, 0.15) is 24.5 Å². The Balaban J connectivity index is 1.52. The van der Waals surface area contributed by atoms with E-state index in [-0.39, 0.29) is 18.8 Å². The minimum atomic E-state index is -3.98. The molecule has 37 heavy (non-hydrogen) atoms. The predicted octanol–water partition coefficient (Wildman–Crippen LogP) is 6.14. The van der Waals surface area contributed by atoms with E-state index in [9.17, 15) is 8.42 Å². The quantitative estimate of drug-likeness (QED) is 0.147. The lowest BCUT2D eigenvalue weighted by atomic mass is 10.0. The summed E-state index contributed by atoms with van der Waals surface area (Å²) >= 11 is 17.2. The molecule has 0 amide bonds. The Kier molecular flexibility index (Phi) is 9.01. The lowest BCUT2D eigenvalue weighted by Gasteiger charge is -2.39. The third-order valence-corrected chi connectivity index (χ3v) is 7.57. The van der Waals surface area contributed by atoms with Crippen LogP contribution in [-0.2, 0) is 40.9 Å². The highest BCUT2D eigenvalue weighted by atomic mass is 35.6. The van der Waals surface area contributed by atoms with E-state index in [2.05, 4.69) is 0 Å². The van der Waals surface area contributed by atoms with E-state index < -0.39 is 44.4 Å². The van der Waals surface area contributed by atoms with E-state index in [1.165, 1.54) is 0 Å². The van der Waals surface area contributed by atoms with Gasteiger partial charge in [0.15, 0.2) is 0 Å². The van der Waals surface area contributed by atoms with Crippen molar-refractivity contribution in [1.82, 2.24) is 0 Å². The van der Waals surface area contributed by atoms with E-state index in [4.69, 9.17) is 58.6 Å². The van der Waals surface area contributed by atoms with Crippen LogP contribution in [0, 0.1) is 5.41 Å². The minimum Gasteiger partial charge on any atom is -0.448 e. The van der Waals surface area contributed by atoms with Gasteiger partial charge in [-0.15, -0.1) is 0 Å². The second-order valence-corrected chi connectivity index (χ2v) is 12.6. The fourth-order valence-electron chi connectivity index (χ4n) is 4.09. The van der Waals surface area contributed by atoms with Gasteiger partial charge in [-0.1, -0.05) is 102 Å². The fourth-order valence-corrected chi connectivity index (χ4v) is 5.51. The highest BCUT2D eigenvalue weighted by Crippen LogP contribution is 2.33. The Morgan fingerprint density at radius 3 is 2.38 bits per heavy atom. The van der Waals surface area contributed by atoms with E-state index in [0.717, 1.165) is 16.3 Å². The van der Waals surface area contributed by atoms with Crippen molar-refractivity contribution in [2.75, 3.05) is 0 Å². The van der Waals surface area contributed by atoms with Crippen molar-refractivity contribution >= 4 is 61.6 Å². The third kappa shape index (κ3) is 7.80. The van der Waals surface area contributed by atoms with Crippen LogP contribution < -0.4 is 0 Å². The number of fused-ring (bicyclic) bond motifs is 1. The van der Waals surface area contributed by atoms with Gasteiger partial charge in [0.05, 0.1) is 18.8 Å². The standard InChI is InChI=1S/C26H26Cl3NO6S/c1-17-24(36-37(31,32)16-18-7-3-2-4-8-18)22(14-23(34-17)35-25(30)26(27,28)29)33-15-19-11-12-20-9-5-6-10-21(20)13-19/h2-13,17,22-24,30H,14-16H2,1H3/t17-,22-,23+,24-/m1/s1. The molecule has 0 aromatic heterocycles. The van der Waals surface area contributed by atoms with Crippen molar-refractivity contribution < 1.29 is 26.8 Å². The molecule has 0 bridgehead atoms. The molecule has 0 radical (unpaired) electrons. The Hall–Kier alpha value is -1.91. The van der Waals surface area contributed by atoms with Crippen molar-refractivity contribution in [2.45, 2.75) is 54.1 Å². The van der Waals surface area contributed by atoms with Crippen LogP contribution in [0.25, 0.3) is 10.8 Å². The molecule has 4 atom stereocenters. The maximum atomic E-state index is 12.9. The lowest BCUT2D eigenvalue weighted by Crippen LogP contribution is -2.51. The van der Waals surface area contributed by atoms with Crippen LogP contribution in [0.15, 0.2) is 72.8 Å². The van der Waals surface area contributed by atoms with Crippen molar-refractivity contribution in [3.05, 3.63) is 83.9 Å². The third-order valence-electron chi connectivity index (χ3n) is 5.85. The number of hydrogen-bond donors (Lipinski definition) is 1. The second-order valence-electron chi connectivity index (χ2n) is 8.73. The van der Waals surface area contributed by atoms with Gasteiger partial charge in [0.2, 0.25) is 12.2 Å². The molecule has 1 heterocycles. The summed E-state index contributed by atoms with van der Waals surface area (Å²) < 4.78 is 46.8. The maximum absolute atomic E-state index is 12.9. The second kappa shape index (κ2) is 11.9. The smallest absolute Gasteiger partial charge is 0.271 e. The van der Waals surface area contributed by atoms with Crippen LogP contribution >= 0.6 is 34.8 Å². The molecule has 3 aromatic rings. The summed E-state index contributed by atoms with van der Waals surface area (Å²) in [5.41, 5.74) is 1.49. The average molecular weight is 587 g/mol. The number of hydrogen-bond acceptors (Lipinski definition) is 7. The van der Waals surface area contributed by atoms with Crippen molar-refractivity contribution in [2.24, 2.45) is 0 Å². The molecule has 1 aliphatic rings. The molecule has 0 aliphatic carbocycles. The van der Waals surface area contributed by atoms with Gasteiger partial charge in [-0.05, 0) is 34.9 Å². The SMILES string of the molecule is C[C@H]1O[C@@H](OC(=N)C(Cl)(Cl)Cl)C[C@@H](OCc2ccc3ccccc3c2)[C@@H]1OS(=O)(=O)Cc1ccccc1. The number of alkyl halides is 3. The summed E-state index contributed by atoms with van der Waals surface area (Å²) in [7, 11) is -3.98. The van der Waals surface area contributed by atoms with Gasteiger partial charge >= 0.3 is 0 Å². The molecule has 3 aromatic carbocycles. The van der Waals surface area contributed by atoms with Gasteiger partial charge in [-0.2, -0.15) is 8.42 Å². The van der Waals surface area contributed by atoms with Gasteiger partial charge in [0.25, 0.3) is 13.9 Å². The monoisotopic (exact) mass is 585 g/mol. The maximum Gasteiger partial charge on any atom is 0.271 e. The van der Waals surface area contributed by atoms with Crippen LogP contribution in [-0.4, -0.2) is 42.7 Å². The molecule has 1 fully saturated rings. The van der Waals surface area contributed by atoms with E-state index in [1.807, 2.05) is 42.5 Å². The first-order valence-corrected chi connectivity index (χ1v) is 14.2. The van der Waals surface area contributed by atoms with Crippen LogP contribution in [0.3, 0.4) is 0 Å². The molecule has 1 saturated heterocycles. The molecule has 7 nitrogen and oxygen atoms in total. The summed E-state index contributed by atoms with van der Waals surface area (Å²) in [4.78, 5) is 0. The number of nitrogens with one attached hydrogen (secondary N) is 1. The fraction of sp³-hybridized carbons (Fsp3) is 0.346. The molecule has 198 valence electrons. The zero-order chi connectivity index (χ0) is 26.6. The van der Waals surface area contributed by atoms with Gasteiger partial charge in [0, 0.05) is 6.42 Å². The van der Waals surface area contributed by atoms with Gasteiger partial charge in [-0.25, -0.2) is 0 Å². The highest BCUT2D eigenvalue weighted by Gasteiger charge is 2.43. The Morgan fingerprint density at radius 2 is 1.68 bits per heavy atom. The molecule has 1 N–H and O–H groups in total. The molecular formula is C26H26Cl3NO6S. The molecule has 4 rings (SSSR count). The summed E-state index contributed by atoms with van der Waals surface area (Å²) in [6.45, 7) is 1.83. The number of rotatable bonds is 8. The van der Waals surface area contributed by atoms with Crippen LogP contribution in [0.4, 0.5) is 0 Å². The largest absolute Gasteiger partial charge is 0.448 e. The first-order chi connectivity index (χ1) is 17.5. The van der Waals surface area contributed by atoms with Crippen molar-refractivity contribution in [3.63, 3.8) is 0 Å². The topological polar surface area (TPSA) is 94.9 Å². The number of benzene rings is 3. The summed E-state index contributed by atoms with van der Waals surface area (Å²) in [6.07, 6.45) is -3.44. The summed E-state index contributed by atoms with van der Waals surface area (Å²) in [5.74, 6) is -0.911. The van der Waals surface area contributed by atoms with Crippen LogP contribution in [0.2, 0.25) is 0 Å². The molecule has 11 heteroatoms. The predicted molar refractivity (Wildman–Crippen MR) is 145 cm³/mol. The highest BCUT2D eigenvalue weighted by molar-refractivity contribution is 7.85. The average Bonchev–Trinajstić information content (AvgIpc) is 2.84. The van der Waals surface area contributed by atoms with Crippen LogP contribution in [0.5, 0.6) is 0 Å². The molecule has 0 spiro atoms. The Bertz CT molecular complexity index is 1330. The van der Waals surface area contributed by atoms with Gasteiger partial charge in [-0.3, -0.25) is 9.59 Å². The summed E-state index contributed by atoms with van der Waals surface area (Å²) in [6, 6.07) is 22.6. The minimum absolute atomic E-state index is 0.0482. The van der Waals surface area contributed by atoms with Crippen molar-refractivity contribution in [1.29, 1.82) is 5.41 Å². The zero-order valence-electron chi connectivity index (χ0n) is 19.9. The molecule has 0 saturated carbocycles. The van der Waals surface area contributed by atoms with Crippen molar-refractivity contribution in [3.8, 4) is 0 Å². The Morgan fingerprint density at radius 1 is 1.00 bits per heavy atom. The first kappa shape index (κ1) is 28.1. The number of halogens is 3. The van der Waals surface area contributed by atoms with E-state index >= 15 is 0 Å². The normalized spacial score (nSPS) is 22.6. The lowest BCUT2D eigenvalue weighted by molar-refractivity contribution is -0.226. The Labute approximate surface area is 231 Å². The summed E-state index contributed by atoms with van der Waals surface area (Å²) in [5, 5.41) is 10.0. The molecule has 0 unspecified atom stereocenters. The van der Waals surface area contributed by atoms with Gasteiger partial charge < -0.3 is 14.2 Å². The first-order valence-electron chi connectivity index (χ1n) is 11.5.